The topological polar surface area (TPSA) is 68.1 Å². The van der Waals surface area contributed by atoms with Gasteiger partial charge in [-0.2, -0.15) is 0 Å². The molecule has 0 fully saturated rings. The molecule has 0 saturated carbocycles. The fourth-order valence-corrected chi connectivity index (χ4v) is 1.66. The quantitative estimate of drug-likeness (QED) is 0.522. The number of hydrogen-bond donors (Lipinski definition) is 1. The van der Waals surface area contributed by atoms with Gasteiger partial charge in [0.15, 0.2) is 0 Å². The van der Waals surface area contributed by atoms with Crippen LogP contribution in [0.4, 0.5) is 11.4 Å². The Labute approximate surface area is 109 Å². The number of halogens is 1. The largest absolute Gasteiger partial charge is 0.375 e. The van der Waals surface area contributed by atoms with Gasteiger partial charge in [0.2, 0.25) is 0 Å². The highest BCUT2D eigenvalue weighted by Gasteiger charge is 2.14. The summed E-state index contributed by atoms with van der Waals surface area (Å²) < 4.78 is 0. The van der Waals surface area contributed by atoms with Crippen LogP contribution in [0.2, 0.25) is 5.15 Å². The van der Waals surface area contributed by atoms with E-state index >= 15 is 0 Å². The first-order chi connectivity index (χ1) is 8.66. The van der Waals surface area contributed by atoms with Crippen LogP contribution in [0.5, 0.6) is 0 Å². The highest BCUT2D eigenvalue weighted by Crippen LogP contribution is 2.25. The van der Waals surface area contributed by atoms with E-state index in [1.54, 1.807) is 0 Å². The highest BCUT2D eigenvalue weighted by atomic mass is 35.5. The third kappa shape index (κ3) is 2.95. The van der Waals surface area contributed by atoms with Crippen LogP contribution in [0.15, 0.2) is 42.6 Å². The predicted octanol–water partition coefficient (Wildman–Crippen LogP) is 3.26. The van der Waals surface area contributed by atoms with Gasteiger partial charge in [-0.1, -0.05) is 41.9 Å². The number of aromatic nitrogens is 1. The smallest absolute Gasteiger partial charge is 0.310 e. The Morgan fingerprint density at radius 3 is 2.72 bits per heavy atom. The van der Waals surface area contributed by atoms with Crippen LogP contribution in [0.25, 0.3) is 0 Å². The Bertz CT molecular complexity index is 561. The molecule has 92 valence electrons. The average molecular weight is 264 g/mol. The molecule has 0 atom stereocenters. The van der Waals surface area contributed by atoms with Gasteiger partial charge in [-0.05, 0) is 5.56 Å². The number of benzene rings is 1. The summed E-state index contributed by atoms with van der Waals surface area (Å²) in [6, 6.07) is 11.0. The molecular weight excluding hydrogens is 254 g/mol. The molecule has 1 aromatic heterocycles. The summed E-state index contributed by atoms with van der Waals surface area (Å²) >= 11 is 5.73. The van der Waals surface area contributed by atoms with E-state index in [0.717, 1.165) is 11.8 Å². The van der Waals surface area contributed by atoms with Gasteiger partial charge in [0.1, 0.15) is 17.0 Å². The minimum atomic E-state index is -0.489. The second-order valence-corrected chi connectivity index (χ2v) is 4.01. The Morgan fingerprint density at radius 1 is 1.33 bits per heavy atom. The fourth-order valence-electron chi connectivity index (χ4n) is 1.50. The first-order valence-electron chi connectivity index (χ1n) is 5.24. The number of nitro groups is 1. The number of nitrogens with zero attached hydrogens (tertiary/aromatic N) is 2. The molecule has 0 aliphatic carbocycles. The molecule has 5 nitrogen and oxygen atoms in total. The fraction of sp³-hybridized carbons (Fsp3) is 0.0833. The van der Waals surface area contributed by atoms with Gasteiger partial charge in [0.05, 0.1) is 4.92 Å². The van der Waals surface area contributed by atoms with Gasteiger partial charge in [0, 0.05) is 12.6 Å². The van der Waals surface area contributed by atoms with Crippen molar-refractivity contribution in [2.75, 3.05) is 5.32 Å². The van der Waals surface area contributed by atoms with Gasteiger partial charge in [-0.25, -0.2) is 4.98 Å². The van der Waals surface area contributed by atoms with Gasteiger partial charge in [-0.3, -0.25) is 10.1 Å². The van der Waals surface area contributed by atoms with E-state index in [2.05, 4.69) is 10.3 Å². The van der Waals surface area contributed by atoms with E-state index in [4.69, 9.17) is 11.6 Å². The lowest BCUT2D eigenvalue weighted by molar-refractivity contribution is -0.384. The van der Waals surface area contributed by atoms with Crippen LogP contribution in [0.1, 0.15) is 5.56 Å². The van der Waals surface area contributed by atoms with Crippen molar-refractivity contribution in [3.63, 3.8) is 0 Å². The van der Waals surface area contributed by atoms with Crippen molar-refractivity contribution in [1.29, 1.82) is 0 Å². The maximum Gasteiger partial charge on any atom is 0.310 e. The van der Waals surface area contributed by atoms with Crippen molar-refractivity contribution in [3.8, 4) is 0 Å². The Balaban J connectivity index is 2.18. The molecule has 0 bridgehead atoms. The molecule has 1 aromatic carbocycles. The zero-order valence-electron chi connectivity index (χ0n) is 9.34. The zero-order chi connectivity index (χ0) is 13.0. The molecule has 18 heavy (non-hydrogen) atoms. The van der Waals surface area contributed by atoms with Crippen LogP contribution in [-0.2, 0) is 6.54 Å². The van der Waals surface area contributed by atoms with Gasteiger partial charge in [0.25, 0.3) is 0 Å². The zero-order valence-corrected chi connectivity index (χ0v) is 10.1. The first-order valence-corrected chi connectivity index (χ1v) is 5.62. The van der Waals surface area contributed by atoms with E-state index in [0.29, 0.717) is 12.2 Å². The molecule has 2 aromatic rings. The number of nitrogens with one attached hydrogen (secondary N) is 1. The molecule has 0 saturated heterocycles. The molecule has 0 unspecified atom stereocenters. The number of rotatable bonds is 4. The molecule has 0 amide bonds. The molecule has 0 radical (unpaired) electrons. The minimum absolute atomic E-state index is 0.0877. The van der Waals surface area contributed by atoms with Crippen LogP contribution in [0.3, 0.4) is 0 Å². The number of hydrogen-bond acceptors (Lipinski definition) is 4. The summed E-state index contributed by atoms with van der Waals surface area (Å²) in [6.45, 7) is 0.488. The summed E-state index contributed by atoms with van der Waals surface area (Å²) in [5, 5.41) is 14.0. The molecule has 0 aliphatic heterocycles. The van der Waals surface area contributed by atoms with Crippen LogP contribution >= 0.6 is 11.6 Å². The van der Waals surface area contributed by atoms with E-state index < -0.39 is 4.92 Å². The summed E-state index contributed by atoms with van der Waals surface area (Å²) in [4.78, 5) is 14.0. The third-order valence-electron chi connectivity index (χ3n) is 2.37. The summed E-state index contributed by atoms with van der Waals surface area (Å²) in [7, 11) is 0. The molecular formula is C12H10ClN3O2. The number of anilines is 1. The second-order valence-electron chi connectivity index (χ2n) is 3.62. The Morgan fingerprint density at radius 2 is 2.06 bits per heavy atom. The van der Waals surface area contributed by atoms with Crippen molar-refractivity contribution in [2.24, 2.45) is 0 Å². The third-order valence-corrected chi connectivity index (χ3v) is 2.58. The standard InChI is InChI=1S/C12H10ClN3O2/c13-12-6-10(11(8-15-12)16(17)18)14-7-9-4-2-1-3-5-9/h1-6,8H,7H2,(H,14,15). The second kappa shape index (κ2) is 5.46. The van der Waals surface area contributed by atoms with E-state index in [1.165, 1.54) is 6.07 Å². The van der Waals surface area contributed by atoms with Gasteiger partial charge >= 0.3 is 5.69 Å². The molecule has 1 heterocycles. The Kier molecular flexibility index (Phi) is 3.74. The lowest BCUT2D eigenvalue weighted by Crippen LogP contribution is -2.03. The minimum Gasteiger partial charge on any atom is -0.375 e. The van der Waals surface area contributed by atoms with E-state index in [-0.39, 0.29) is 10.8 Å². The van der Waals surface area contributed by atoms with Gasteiger partial charge < -0.3 is 5.32 Å². The maximum atomic E-state index is 10.8. The van der Waals surface area contributed by atoms with E-state index in [9.17, 15) is 10.1 Å². The van der Waals surface area contributed by atoms with Crippen molar-refractivity contribution in [3.05, 3.63) is 63.4 Å². The summed E-state index contributed by atoms with van der Waals surface area (Å²) in [5.74, 6) is 0. The molecule has 1 N–H and O–H groups in total. The van der Waals surface area contributed by atoms with Crippen LogP contribution in [-0.4, -0.2) is 9.91 Å². The number of pyridine rings is 1. The molecule has 2 rings (SSSR count). The van der Waals surface area contributed by atoms with Crippen molar-refractivity contribution in [2.45, 2.75) is 6.54 Å². The SMILES string of the molecule is O=[N+]([O-])c1cnc(Cl)cc1NCc1ccccc1. The summed E-state index contributed by atoms with van der Waals surface area (Å²) in [5.41, 5.74) is 1.30. The molecule has 0 aliphatic rings. The van der Waals surface area contributed by atoms with Crippen LogP contribution in [0, 0.1) is 10.1 Å². The first kappa shape index (κ1) is 12.3. The summed E-state index contributed by atoms with van der Waals surface area (Å²) in [6.07, 6.45) is 1.15. The molecule has 6 heteroatoms. The lowest BCUT2D eigenvalue weighted by Gasteiger charge is -2.07. The predicted molar refractivity (Wildman–Crippen MR) is 69.7 cm³/mol. The van der Waals surface area contributed by atoms with Gasteiger partial charge in [-0.15, -0.1) is 0 Å². The molecule has 0 spiro atoms. The monoisotopic (exact) mass is 263 g/mol. The normalized spacial score (nSPS) is 10.1. The van der Waals surface area contributed by atoms with Crippen molar-refractivity contribution >= 4 is 23.0 Å². The van der Waals surface area contributed by atoms with Crippen LogP contribution < -0.4 is 5.32 Å². The average Bonchev–Trinajstić information content (AvgIpc) is 2.37. The lowest BCUT2D eigenvalue weighted by atomic mass is 10.2. The van der Waals surface area contributed by atoms with Crippen molar-refractivity contribution in [1.82, 2.24) is 4.98 Å². The van der Waals surface area contributed by atoms with E-state index in [1.807, 2.05) is 30.3 Å². The van der Waals surface area contributed by atoms with Crippen molar-refractivity contribution < 1.29 is 4.92 Å². The maximum absolute atomic E-state index is 10.8. The highest BCUT2D eigenvalue weighted by molar-refractivity contribution is 6.29. The Hall–Kier alpha value is -2.14.